The number of methoxy groups -OCH3 is 1. The van der Waals surface area contributed by atoms with Crippen molar-refractivity contribution in [1.29, 1.82) is 0 Å². The van der Waals surface area contributed by atoms with Crippen molar-refractivity contribution >= 4 is 23.5 Å². The Hall–Kier alpha value is -3.32. The van der Waals surface area contributed by atoms with E-state index in [0.29, 0.717) is 16.3 Å². The molecule has 3 rings (SSSR count). The Morgan fingerprint density at radius 3 is 2.72 bits per heavy atom. The molecule has 1 aromatic heterocycles. The van der Waals surface area contributed by atoms with Gasteiger partial charge in [-0.3, -0.25) is 10.1 Å². The van der Waals surface area contributed by atoms with Crippen LogP contribution in [-0.4, -0.2) is 22.8 Å². The highest BCUT2D eigenvalue weighted by Crippen LogP contribution is 2.30. The van der Waals surface area contributed by atoms with Crippen molar-refractivity contribution in [3.63, 3.8) is 0 Å². The van der Waals surface area contributed by atoms with Crippen molar-refractivity contribution in [2.75, 3.05) is 7.11 Å². The van der Waals surface area contributed by atoms with Gasteiger partial charge in [-0.15, -0.1) is 0 Å². The Kier molecular flexibility index (Phi) is 6.19. The number of rotatable bonds is 7. The first-order valence-electron chi connectivity index (χ1n) is 8.82. The van der Waals surface area contributed by atoms with Gasteiger partial charge in [0.05, 0.1) is 23.9 Å². The number of non-ortho nitro benzene ring substituents is 1. The van der Waals surface area contributed by atoms with E-state index in [1.807, 2.05) is 36.6 Å². The van der Waals surface area contributed by atoms with E-state index in [0.717, 1.165) is 22.6 Å². The van der Waals surface area contributed by atoms with E-state index in [-0.39, 0.29) is 12.3 Å². The third-order valence-electron chi connectivity index (χ3n) is 4.47. The van der Waals surface area contributed by atoms with Crippen LogP contribution < -0.4 is 4.74 Å². The van der Waals surface area contributed by atoms with Crippen LogP contribution in [0.15, 0.2) is 53.7 Å². The first-order valence-corrected chi connectivity index (χ1v) is 9.20. The molecule has 1 heterocycles. The number of ether oxygens (including phenoxy) is 1. The molecule has 0 saturated carbocycles. The number of halogens is 1. The molecular formula is C21H20ClN3O4. The van der Waals surface area contributed by atoms with Gasteiger partial charge in [0, 0.05) is 34.1 Å². The predicted molar refractivity (Wildman–Crippen MR) is 112 cm³/mol. The van der Waals surface area contributed by atoms with E-state index < -0.39 is 4.92 Å². The average molecular weight is 414 g/mol. The lowest BCUT2D eigenvalue weighted by Crippen LogP contribution is -2.02. The van der Waals surface area contributed by atoms with Crippen molar-refractivity contribution < 1.29 is 14.5 Å². The summed E-state index contributed by atoms with van der Waals surface area (Å²) in [5.41, 5.74) is 4.35. The first-order chi connectivity index (χ1) is 13.9. The fraction of sp³-hybridized carbons (Fsp3) is 0.190. The maximum atomic E-state index is 10.8. The van der Waals surface area contributed by atoms with Gasteiger partial charge in [-0.25, -0.2) is 0 Å². The van der Waals surface area contributed by atoms with Crippen LogP contribution in [0.4, 0.5) is 5.69 Å². The molecule has 0 spiro atoms. The van der Waals surface area contributed by atoms with Crippen LogP contribution in [-0.2, 0) is 11.4 Å². The van der Waals surface area contributed by atoms with E-state index >= 15 is 0 Å². The van der Waals surface area contributed by atoms with Crippen LogP contribution in [0.5, 0.6) is 5.75 Å². The molecule has 29 heavy (non-hydrogen) atoms. The van der Waals surface area contributed by atoms with Crippen molar-refractivity contribution in [2.24, 2.45) is 5.16 Å². The molecule has 3 aromatic rings. The molecule has 0 atom stereocenters. The lowest BCUT2D eigenvalue weighted by molar-refractivity contribution is -0.384. The molecule has 8 heteroatoms. The van der Waals surface area contributed by atoms with Crippen molar-refractivity contribution in [1.82, 2.24) is 4.57 Å². The largest absolute Gasteiger partial charge is 0.495 e. The number of aryl methyl sites for hydroxylation is 1. The number of oxime groups is 1. The first kappa shape index (κ1) is 20.4. The van der Waals surface area contributed by atoms with Gasteiger partial charge >= 0.3 is 0 Å². The van der Waals surface area contributed by atoms with E-state index in [9.17, 15) is 10.1 Å². The Bertz CT molecular complexity index is 1080. The summed E-state index contributed by atoms with van der Waals surface area (Å²) in [7, 11) is 1.62. The molecule has 0 amide bonds. The zero-order valence-electron chi connectivity index (χ0n) is 16.3. The molecule has 0 aliphatic rings. The van der Waals surface area contributed by atoms with Gasteiger partial charge in [-0.05, 0) is 43.7 Å². The second-order valence-corrected chi connectivity index (χ2v) is 6.85. The minimum Gasteiger partial charge on any atom is -0.495 e. The highest BCUT2D eigenvalue weighted by atomic mass is 35.5. The molecule has 0 radical (unpaired) electrons. The summed E-state index contributed by atoms with van der Waals surface area (Å²) in [6.45, 7) is 4.09. The number of nitrogens with zero attached hydrogens (tertiary/aromatic N) is 3. The van der Waals surface area contributed by atoms with Gasteiger partial charge in [-0.1, -0.05) is 28.9 Å². The maximum absolute atomic E-state index is 10.8. The zero-order valence-corrected chi connectivity index (χ0v) is 17.0. The summed E-state index contributed by atoms with van der Waals surface area (Å²) in [6.07, 6.45) is 1.62. The molecular weight excluding hydrogens is 394 g/mol. The molecule has 0 fully saturated rings. The highest BCUT2D eigenvalue weighted by molar-refractivity contribution is 6.30. The lowest BCUT2D eigenvalue weighted by Gasteiger charge is -2.14. The number of hydrogen-bond acceptors (Lipinski definition) is 5. The van der Waals surface area contributed by atoms with Crippen LogP contribution >= 0.6 is 11.6 Å². The van der Waals surface area contributed by atoms with E-state index in [1.165, 1.54) is 12.1 Å². The summed E-state index contributed by atoms with van der Waals surface area (Å²) in [4.78, 5) is 15.7. The van der Waals surface area contributed by atoms with Crippen LogP contribution in [0.3, 0.4) is 0 Å². The third kappa shape index (κ3) is 4.57. The zero-order chi connectivity index (χ0) is 21.0. The smallest absolute Gasteiger partial charge is 0.269 e. The van der Waals surface area contributed by atoms with E-state index in [4.69, 9.17) is 21.2 Å². The van der Waals surface area contributed by atoms with Gasteiger partial charge in [0.25, 0.3) is 5.69 Å². The normalized spacial score (nSPS) is 11.0. The molecule has 0 unspecified atom stereocenters. The van der Waals surface area contributed by atoms with Crippen LogP contribution in [0, 0.1) is 24.0 Å². The Balaban J connectivity index is 1.78. The van der Waals surface area contributed by atoms with Crippen LogP contribution in [0.2, 0.25) is 5.02 Å². The van der Waals surface area contributed by atoms with Gasteiger partial charge in [-0.2, -0.15) is 0 Å². The quantitative estimate of drug-likeness (QED) is 0.302. The number of hydrogen-bond donors (Lipinski definition) is 0. The van der Waals surface area contributed by atoms with Crippen molar-refractivity contribution in [2.45, 2.75) is 20.5 Å². The summed E-state index contributed by atoms with van der Waals surface area (Å²) in [5, 5.41) is 15.5. The molecule has 0 aliphatic heterocycles. The van der Waals surface area contributed by atoms with Crippen LogP contribution in [0.1, 0.15) is 22.5 Å². The summed E-state index contributed by atoms with van der Waals surface area (Å²) in [5.74, 6) is 0.710. The summed E-state index contributed by atoms with van der Waals surface area (Å²) in [6, 6.07) is 13.7. The number of nitro benzene ring substituents is 1. The third-order valence-corrected chi connectivity index (χ3v) is 4.71. The standard InChI is InChI=1S/C21H20ClN3O4/c1-14-9-17(12-23-29-13-16-5-4-6-19(10-16)25(26)27)15(2)24(14)20-11-18(22)7-8-21(20)28-3/h4-12H,13H2,1-3H3/b23-12-. The maximum Gasteiger partial charge on any atom is 0.269 e. The molecule has 2 aromatic carbocycles. The average Bonchev–Trinajstić information content (AvgIpc) is 2.98. The second kappa shape index (κ2) is 8.79. The Morgan fingerprint density at radius 2 is 2.00 bits per heavy atom. The van der Waals surface area contributed by atoms with E-state index in [2.05, 4.69) is 5.16 Å². The minimum absolute atomic E-state index is 0.0223. The topological polar surface area (TPSA) is 78.9 Å². The second-order valence-electron chi connectivity index (χ2n) is 6.41. The SMILES string of the molecule is COc1ccc(Cl)cc1-n1c(C)cc(/C=N\OCc2cccc([N+](=O)[O-])c2)c1C. The lowest BCUT2D eigenvalue weighted by atomic mass is 10.2. The molecule has 7 nitrogen and oxygen atoms in total. The Labute approximate surface area is 173 Å². The fourth-order valence-corrected chi connectivity index (χ4v) is 3.26. The van der Waals surface area contributed by atoms with Gasteiger partial charge < -0.3 is 14.1 Å². The molecule has 0 N–H and O–H groups in total. The molecule has 0 aliphatic carbocycles. The summed E-state index contributed by atoms with van der Waals surface area (Å²) >= 11 is 6.17. The van der Waals surface area contributed by atoms with Gasteiger partial charge in [0.2, 0.25) is 0 Å². The fourth-order valence-electron chi connectivity index (χ4n) is 3.09. The minimum atomic E-state index is -0.439. The van der Waals surface area contributed by atoms with Crippen LogP contribution in [0.25, 0.3) is 5.69 Å². The Morgan fingerprint density at radius 1 is 1.21 bits per heavy atom. The predicted octanol–water partition coefficient (Wildman–Crippen LogP) is 5.22. The molecule has 150 valence electrons. The van der Waals surface area contributed by atoms with E-state index in [1.54, 1.807) is 31.5 Å². The molecule has 0 bridgehead atoms. The highest BCUT2D eigenvalue weighted by Gasteiger charge is 2.14. The monoisotopic (exact) mass is 413 g/mol. The molecule has 0 saturated heterocycles. The summed E-state index contributed by atoms with van der Waals surface area (Å²) < 4.78 is 7.50. The van der Waals surface area contributed by atoms with Gasteiger partial charge in [0.15, 0.2) is 0 Å². The number of aromatic nitrogens is 1. The van der Waals surface area contributed by atoms with Gasteiger partial charge in [0.1, 0.15) is 12.4 Å². The number of benzene rings is 2. The van der Waals surface area contributed by atoms with Crippen molar-refractivity contribution in [3.8, 4) is 11.4 Å². The van der Waals surface area contributed by atoms with Crippen molar-refractivity contribution in [3.05, 3.63) is 86.2 Å². The number of nitro groups is 1.